The standard InChI is InChI=1S/C12H24N2/c1-9(2)12-8-14(7-11-4-5-11)10(3)6-13-12/h9-13H,4-8H2,1-3H3. The number of hydrogen-bond donors (Lipinski definition) is 1. The first-order chi connectivity index (χ1) is 6.66. The molecule has 0 amide bonds. The monoisotopic (exact) mass is 196 g/mol. The minimum Gasteiger partial charge on any atom is -0.311 e. The van der Waals surface area contributed by atoms with Crippen molar-refractivity contribution in [2.24, 2.45) is 11.8 Å². The Labute approximate surface area is 88.1 Å². The van der Waals surface area contributed by atoms with Crippen LogP contribution in [0, 0.1) is 11.8 Å². The first kappa shape index (κ1) is 10.4. The molecule has 14 heavy (non-hydrogen) atoms. The van der Waals surface area contributed by atoms with E-state index in [-0.39, 0.29) is 0 Å². The highest BCUT2D eigenvalue weighted by Gasteiger charge is 2.31. The molecule has 82 valence electrons. The van der Waals surface area contributed by atoms with Gasteiger partial charge in [-0.15, -0.1) is 0 Å². The third-order valence-electron chi connectivity index (χ3n) is 3.72. The minimum atomic E-state index is 0.713. The second kappa shape index (κ2) is 4.19. The summed E-state index contributed by atoms with van der Waals surface area (Å²) in [6.45, 7) is 10.8. The molecule has 1 aliphatic heterocycles. The normalized spacial score (nSPS) is 35.1. The van der Waals surface area contributed by atoms with Crippen molar-refractivity contribution < 1.29 is 0 Å². The lowest BCUT2D eigenvalue weighted by Gasteiger charge is -2.40. The maximum absolute atomic E-state index is 3.65. The second-order valence-electron chi connectivity index (χ2n) is 5.51. The molecule has 0 aromatic rings. The van der Waals surface area contributed by atoms with E-state index < -0.39 is 0 Å². The van der Waals surface area contributed by atoms with Crippen molar-refractivity contribution >= 4 is 0 Å². The number of piperazine rings is 1. The van der Waals surface area contributed by atoms with Crippen molar-refractivity contribution in [3.63, 3.8) is 0 Å². The molecule has 1 saturated heterocycles. The molecular weight excluding hydrogens is 172 g/mol. The predicted molar refractivity (Wildman–Crippen MR) is 60.4 cm³/mol. The number of nitrogens with one attached hydrogen (secondary N) is 1. The highest BCUT2D eigenvalue weighted by molar-refractivity contribution is 4.88. The van der Waals surface area contributed by atoms with Crippen molar-refractivity contribution in [1.82, 2.24) is 10.2 Å². The maximum Gasteiger partial charge on any atom is 0.0218 e. The SMILES string of the molecule is CC(C)C1CN(CC2CC2)C(C)CN1. The molecule has 1 heterocycles. The topological polar surface area (TPSA) is 15.3 Å². The summed E-state index contributed by atoms with van der Waals surface area (Å²) in [5, 5.41) is 3.65. The van der Waals surface area contributed by atoms with E-state index in [9.17, 15) is 0 Å². The Kier molecular flexibility index (Phi) is 3.13. The van der Waals surface area contributed by atoms with E-state index in [2.05, 4.69) is 31.0 Å². The Morgan fingerprint density at radius 1 is 1.36 bits per heavy atom. The lowest BCUT2D eigenvalue weighted by Crippen LogP contribution is -2.57. The Hall–Kier alpha value is -0.0800. The zero-order chi connectivity index (χ0) is 10.1. The molecule has 2 heteroatoms. The van der Waals surface area contributed by atoms with Gasteiger partial charge in [0.25, 0.3) is 0 Å². The van der Waals surface area contributed by atoms with Gasteiger partial charge in [0.15, 0.2) is 0 Å². The fourth-order valence-electron chi connectivity index (χ4n) is 2.28. The van der Waals surface area contributed by atoms with Crippen LogP contribution < -0.4 is 5.32 Å². The Morgan fingerprint density at radius 3 is 2.64 bits per heavy atom. The van der Waals surface area contributed by atoms with Gasteiger partial charge in [0, 0.05) is 31.7 Å². The fourth-order valence-corrected chi connectivity index (χ4v) is 2.28. The second-order valence-corrected chi connectivity index (χ2v) is 5.51. The number of rotatable bonds is 3. The van der Waals surface area contributed by atoms with E-state index in [1.54, 1.807) is 0 Å². The molecule has 2 nitrogen and oxygen atoms in total. The van der Waals surface area contributed by atoms with Gasteiger partial charge in [0.1, 0.15) is 0 Å². The summed E-state index contributed by atoms with van der Waals surface area (Å²) >= 11 is 0. The molecule has 1 aliphatic carbocycles. The number of nitrogens with zero attached hydrogens (tertiary/aromatic N) is 1. The van der Waals surface area contributed by atoms with Crippen LogP contribution in [0.25, 0.3) is 0 Å². The van der Waals surface area contributed by atoms with Crippen molar-refractivity contribution in [1.29, 1.82) is 0 Å². The van der Waals surface area contributed by atoms with Crippen LogP contribution in [0.3, 0.4) is 0 Å². The van der Waals surface area contributed by atoms with Crippen LogP contribution in [0.2, 0.25) is 0 Å². The van der Waals surface area contributed by atoms with Crippen LogP contribution in [0.15, 0.2) is 0 Å². The van der Waals surface area contributed by atoms with Gasteiger partial charge >= 0.3 is 0 Å². The molecule has 0 aromatic heterocycles. The summed E-state index contributed by atoms with van der Waals surface area (Å²) in [7, 11) is 0. The quantitative estimate of drug-likeness (QED) is 0.739. The molecule has 0 aromatic carbocycles. The van der Waals surface area contributed by atoms with E-state index in [1.807, 2.05) is 0 Å². The molecule has 2 fully saturated rings. The summed E-state index contributed by atoms with van der Waals surface area (Å²) in [5.41, 5.74) is 0. The van der Waals surface area contributed by atoms with Gasteiger partial charge in [-0.05, 0) is 31.6 Å². The van der Waals surface area contributed by atoms with E-state index >= 15 is 0 Å². The Morgan fingerprint density at radius 2 is 2.07 bits per heavy atom. The maximum atomic E-state index is 3.65. The van der Waals surface area contributed by atoms with Gasteiger partial charge in [-0.1, -0.05) is 13.8 Å². The summed E-state index contributed by atoms with van der Waals surface area (Å²) in [5.74, 6) is 1.80. The number of hydrogen-bond acceptors (Lipinski definition) is 2. The van der Waals surface area contributed by atoms with Crippen LogP contribution in [-0.4, -0.2) is 36.6 Å². The predicted octanol–water partition coefficient (Wildman–Crippen LogP) is 1.71. The van der Waals surface area contributed by atoms with Crippen LogP contribution in [-0.2, 0) is 0 Å². The highest BCUT2D eigenvalue weighted by atomic mass is 15.2. The smallest absolute Gasteiger partial charge is 0.0218 e. The largest absolute Gasteiger partial charge is 0.311 e. The van der Waals surface area contributed by atoms with E-state index in [0.29, 0.717) is 6.04 Å². The van der Waals surface area contributed by atoms with Crippen molar-refractivity contribution in [3.8, 4) is 0 Å². The fraction of sp³-hybridized carbons (Fsp3) is 1.00. The third-order valence-corrected chi connectivity index (χ3v) is 3.72. The lowest BCUT2D eigenvalue weighted by atomic mass is 9.99. The molecule has 0 bridgehead atoms. The van der Waals surface area contributed by atoms with E-state index in [1.165, 1.54) is 32.5 Å². The third kappa shape index (κ3) is 2.48. The van der Waals surface area contributed by atoms with Crippen LogP contribution >= 0.6 is 0 Å². The van der Waals surface area contributed by atoms with Gasteiger partial charge in [0.05, 0.1) is 0 Å². The Bertz CT molecular complexity index is 187. The van der Waals surface area contributed by atoms with E-state index in [4.69, 9.17) is 0 Å². The van der Waals surface area contributed by atoms with Gasteiger partial charge < -0.3 is 5.32 Å². The zero-order valence-electron chi connectivity index (χ0n) is 9.79. The first-order valence-electron chi connectivity index (χ1n) is 6.14. The van der Waals surface area contributed by atoms with Gasteiger partial charge in [-0.2, -0.15) is 0 Å². The molecule has 2 atom stereocenters. The molecular formula is C12H24N2. The molecule has 0 radical (unpaired) electrons. The van der Waals surface area contributed by atoms with E-state index in [0.717, 1.165) is 17.9 Å². The summed E-state index contributed by atoms with van der Waals surface area (Å²) < 4.78 is 0. The average molecular weight is 196 g/mol. The summed E-state index contributed by atoms with van der Waals surface area (Å²) in [4.78, 5) is 2.69. The zero-order valence-corrected chi connectivity index (χ0v) is 9.79. The summed E-state index contributed by atoms with van der Waals surface area (Å²) in [6, 6.07) is 1.45. The minimum absolute atomic E-state index is 0.713. The van der Waals surface area contributed by atoms with Crippen molar-refractivity contribution in [2.75, 3.05) is 19.6 Å². The molecule has 2 unspecified atom stereocenters. The van der Waals surface area contributed by atoms with Crippen LogP contribution in [0.5, 0.6) is 0 Å². The summed E-state index contributed by atoms with van der Waals surface area (Å²) in [6.07, 6.45) is 2.95. The van der Waals surface area contributed by atoms with Crippen molar-refractivity contribution in [3.05, 3.63) is 0 Å². The average Bonchev–Trinajstić information content (AvgIpc) is 2.92. The van der Waals surface area contributed by atoms with Gasteiger partial charge in [-0.25, -0.2) is 0 Å². The molecule has 1 N–H and O–H groups in total. The lowest BCUT2D eigenvalue weighted by molar-refractivity contribution is 0.118. The van der Waals surface area contributed by atoms with Crippen LogP contribution in [0.4, 0.5) is 0 Å². The first-order valence-corrected chi connectivity index (χ1v) is 6.14. The van der Waals surface area contributed by atoms with Gasteiger partial charge in [-0.3, -0.25) is 4.90 Å². The Balaban J connectivity index is 1.85. The highest BCUT2D eigenvalue weighted by Crippen LogP contribution is 2.31. The van der Waals surface area contributed by atoms with Gasteiger partial charge in [0.2, 0.25) is 0 Å². The molecule has 2 aliphatic rings. The van der Waals surface area contributed by atoms with Crippen LogP contribution in [0.1, 0.15) is 33.6 Å². The van der Waals surface area contributed by atoms with Crippen molar-refractivity contribution in [2.45, 2.75) is 45.7 Å². The molecule has 1 saturated carbocycles. The molecule has 2 rings (SSSR count). The molecule has 0 spiro atoms.